The van der Waals surface area contributed by atoms with E-state index in [2.05, 4.69) is 20.1 Å². The molecule has 0 radical (unpaired) electrons. The number of nitrogens with zero attached hydrogens (tertiary/aromatic N) is 4. The van der Waals surface area contributed by atoms with Crippen molar-refractivity contribution in [1.82, 2.24) is 20.1 Å². The molecule has 0 aliphatic rings. The maximum absolute atomic E-state index is 5.54. The van der Waals surface area contributed by atoms with Crippen LogP contribution in [0.25, 0.3) is 22.8 Å². The van der Waals surface area contributed by atoms with Crippen molar-refractivity contribution >= 4 is 5.82 Å². The first-order valence-electron chi connectivity index (χ1n) is 5.70. The molecule has 0 aliphatic heterocycles. The van der Waals surface area contributed by atoms with Crippen LogP contribution in [-0.2, 0) is 0 Å². The predicted molar refractivity (Wildman–Crippen MR) is 69.9 cm³/mol. The molecular formula is C13H11N5O. The Morgan fingerprint density at radius 1 is 1.16 bits per heavy atom. The highest BCUT2D eigenvalue weighted by atomic mass is 16.5. The minimum absolute atomic E-state index is 0.415. The number of nitrogens with two attached hydrogens (primary N) is 1. The van der Waals surface area contributed by atoms with Gasteiger partial charge in [-0.25, -0.2) is 4.98 Å². The Balaban J connectivity index is 2.00. The standard InChI is InChI=1S/C13H11N5O/c1-8-6-15-5-4-10(8)12-17-13(19-18-12)9-2-3-11(14)16-7-9/h2-7H,1H3,(H2,14,16). The van der Waals surface area contributed by atoms with E-state index in [1.807, 2.05) is 13.0 Å². The molecule has 3 heterocycles. The zero-order valence-corrected chi connectivity index (χ0v) is 10.2. The Hall–Kier alpha value is -2.76. The highest BCUT2D eigenvalue weighted by molar-refractivity contribution is 5.62. The number of rotatable bonds is 2. The van der Waals surface area contributed by atoms with Crippen LogP contribution in [0, 0.1) is 6.92 Å². The second-order valence-electron chi connectivity index (χ2n) is 4.09. The summed E-state index contributed by atoms with van der Waals surface area (Å²) >= 11 is 0. The molecule has 0 spiro atoms. The van der Waals surface area contributed by atoms with E-state index < -0.39 is 0 Å². The smallest absolute Gasteiger partial charge is 0.259 e. The van der Waals surface area contributed by atoms with Crippen molar-refractivity contribution in [2.45, 2.75) is 6.92 Å². The number of hydrogen-bond donors (Lipinski definition) is 1. The van der Waals surface area contributed by atoms with Crippen molar-refractivity contribution in [2.75, 3.05) is 5.73 Å². The van der Waals surface area contributed by atoms with Crippen molar-refractivity contribution in [3.05, 3.63) is 42.4 Å². The van der Waals surface area contributed by atoms with Crippen molar-refractivity contribution in [3.63, 3.8) is 0 Å². The molecule has 0 unspecified atom stereocenters. The van der Waals surface area contributed by atoms with E-state index in [-0.39, 0.29) is 0 Å². The maximum Gasteiger partial charge on any atom is 0.259 e. The van der Waals surface area contributed by atoms with Crippen LogP contribution in [0.2, 0.25) is 0 Å². The van der Waals surface area contributed by atoms with E-state index in [0.717, 1.165) is 16.7 Å². The summed E-state index contributed by atoms with van der Waals surface area (Å²) in [4.78, 5) is 12.4. The van der Waals surface area contributed by atoms with Gasteiger partial charge >= 0.3 is 0 Å². The number of anilines is 1. The fraction of sp³-hybridized carbons (Fsp3) is 0.0769. The van der Waals surface area contributed by atoms with Crippen molar-refractivity contribution in [3.8, 4) is 22.8 Å². The van der Waals surface area contributed by atoms with Gasteiger partial charge in [-0.1, -0.05) is 5.16 Å². The van der Waals surface area contributed by atoms with Gasteiger partial charge < -0.3 is 10.3 Å². The highest BCUT2D eigenvalue weighted by Gasteiger charge is 2.12. The summed E-state index contributed by atoms with van der Waals surface area (Å²) in [6.45, 7) is 1.95. The Kier molecular flexibility index (Phi) is 2.68. The van der Waals surface area contributed by atoms with E-state index in [0.29, 0.717) is 17.5 Å². The van der Waals surface area contributed by atoms with Gasteiger partial charge in [0.15, 0.2) is 0 Å². The van der Waals surface area contributed by atoms with Gasteiger partial charge in [-0.15, -0.1) is 0 Å². The fourth-order valence-corrected chi connectivity index (χ4v) is 1.71. The quantitative estimate of drug-likeness (QED) is 0.751. The zero-order chi connectivity index (χ0) is 13.2. The number of nitrogen functional groups attached to an aromatic ring is 1. The summed E-state index contributed by atoms with van der Waals surface area (Å²) < 4.78 is 5.24. The lowest BCUT2D eigenvalue weighted by Crippen LogP contribution is -1.89. The number of pyridine rings is 2. The average molecular weight is 253 g/mol. The van der Waals surface area contributed by atoms with E-state index in [9.17, 15) is 0 Å². The van der Waals surface area contributed by atoms with Gasteiger partial charge in [-0.05, 0) is 30.7 Å². The van der Waals surface area contributed by atoms with Crippen LogP contribution in [0.5, 0.6) is 0 Å². The number of aromatic nitrogens is 4. The molecule has 6 nitrogen and oxygen atoms in total. The minimum Gasteiger partial charge on any atom is -0.384 e. The molecule has 3 aromatic rings. The fourth-order valence-electron chi connectivity index (χ4n) is 1.71. The molecule has 94 valence electrons. The van der Waals surface area contributed by atoms with Crippen LogP contribution in [0.1, 0.15) is 5.56 Å². The van der Waals surface area contributed by atoms with Gasteiger partial charge in [-0.2, -0.15) is 4.98 Å². The Morgan fingerprint density at radius 2 is 2.05 bits per heavy atom. The molecule has 0 saturated carbocycles. The lowest BCUT2D eigenvalue weighted by atomic mass is 10.1. The van der Waals surface area contributed by atoms with Gasteiger partial charge in [0.2, 0.25) is 5.82 Å². The van der Waals surface area contributed by atoms with Crippen molar-refractivity contribution in [1.29, 1.82) is 0 Å². The monoisotopic (exact) mass is 253 g/mol. The predicted octanol–water partition coefficient (Wildman–Crippen LogP) is 2.08. The third-order valence-corrected chi connectivity index (χ3v) is 2.72. The first-order valence-corrected chi connectivity index (χ1v) is 5.70. The number of hydrogen-bond acceptors (Lipinski definition) is 6. The normalized spacial score (nSPS) is 10.6. The van der Waals surface area contributed by atoms with Gasteiger partial charge in [0.05, 0.1) is 5.56 Å². The van der Waals surface area contributed by atoms with Crippen LogP contribution in [0.3, 0.4) is 0 Å². The summed E-state index contributed by atoms with van der Waals surface area (Å²) in [7, 11) is 0. The molecule has 19 heavy (non-hydrogen) atoms. The van der Waals surface area contributed by atoms with Crippen LogP contribution < -0.4 is 5.73 Å². The average Bonchev–Trinajstić information content (AvgIpc) is 2.89. The lowest BCUT2D eigenvalue weighted by molar-refractivity contribution is 0.432. The SMILES string of the molecule is Cc1cnccc1-c1noc(-c2ccc(N)nc2)n1. The van der Waals surface area contributed by atoms with Gasteiger partial charge in [-0.3, -0.25) is 4.98 Å². The van der Waals surface area contributed by atoms with E-state index in [1.54, 1.807) is 30.7 Å². The summed E-state index contributed by atoms with van der Waals surface area (Å²) in [6.07, 6.45) is 5.06. The largest absolute Gasteiger partial charge is 0.384 e. The second kappa shape index (κ2) is 4.49. The van der Waals surface area contributed by atoms with Gasteiger partial charge in [0.1, 0.15) is 5.82 Å². The zero-order valence-electron chi connectivity index (χ0n) is 10.2. The summed E-state index contributed by atoms with van der Waals surface area (Å²) in [5, 5.41) is 3.97. The van der Waals surface area contributed by atoms with E-state index in [1.165, 1.54) is 0 Å². The molecule has 0 aromatic carbocycles. The molecule has 0 bridgehead atoms. The summed E-state index contributed by atoms with van der Waals surface area (Å²) in [5.41, 5.74) is 8.16. The molecule has 0 aliphatic carbocycles. The molecule has 0 amide bonds. The molecule has 0 atom stereocenters. The van der Waals surface area contributed by atoms with Crippen molar-refractivity contribution < 1.29 is 4.52 Å². The Bertz CT molecular complexity index is 705. The van der Waals surface area contributed by atoms with E-state index in [4.69, 9.17) is 10.3 Å². The third-order valence-electron chi connectivity index (χ3n) is 2.72. The van der Waals surface area contributed by atoms with Gasteiger partial charge in [0.25, 0.3) is 5.89 Å². The molecule has 0 fully saturated rings. The number of aryl methyl sites for hydroxylation is 1. The Labute approximate surface area is 109 Å². The Morgan fingerprint density at radius 3 is 2.79 bits per heavy atom. The molecule has 3 aromatic heterocycles. The van der Waals surface area contributed by atoms with Crippen LogP contribution in [-0.4, -0.2) is 20.1 Å². The van der Waals surface area contributed by atoms with Crippen LogP contribution >= 0.6 is 0 Å². The van der Waals surface area contributed by atoms with Crippen LogP contribution in [0.15, 0.2) is 41.3 Å². The van der Waals surface area contributed by atoms with Gasteiger partial charge in [0, 0.05) is 24.2 Å². The topological polar surface area (TPSA) is 90.7 Å². The first kappa shape index (κ1) is 11.3. The summed E-state index contributed by atoms with van der Waals surface area (Å²) in [6, 6.07) is 5.33. The molecule has 3 rings (SSSR count). The third kappa shape index (κ3) is 2.15. The van der Waals surface area contributed by atoms with E-state index >= 15 is 0 Å². The second-order valence-corrected chi connectivity index (χ2v) is 4.09. The van der Waals surface area contributed by atoms with Crippen LogP contribution in [0.4, 0.5) is 5.82 Å². The molecule has 6 heteroatoms. The van der Waals surface area contributed by atoms with Crippen molar-refractivity contribution in [2.24, 2.45) is 0 Å². The summed E-state index contributed by atoms with van der Waals surface area (Å²) in [5.74, 6) is 1.40. The first-order chi connectivity index (χ1) is 9.24. The lowest BCUT2D eigenvalue weighted by Gasteiger charge is -1.97. The molecule has 2 N–H and O–H groups in total. The maximum atomic E-state index is 5.54. The molecular weight excluding hydrogens is 242 g/mol. The highest BCUT2D eigenvalue weighted by Crippen LogP contribution is 2.23. The minimum atomic E-state index is 0.415. The molecule has 0 saturated heterocycles.